The van der Waals surface area contributed by atoms with E-state index < -0.39 is 0 Å². The Morgan fingerprint density at radius 1 is 1.04 bits per heavy atom. The monoisotopic (exact) mass is 383 g/mol. The first-order valence-electron chi connectivity index (χ1n) is 9.33. The van der Waals surface area contributed by atoms with Crippen molar-refractivity contribution in [2.45, 2.75) is 6.54 Å². The van der Waals surface area contributed by atoms with E-state index in [4.69, 9.17) is 4.74 Å². The smallest absolute Gasteiger partial charge is 0.319 e. The van der Waals surface area contributed by atoms with Crippen molar-refractivity contribution in [3.05, 3.63) is 59.9 Å². The number of hydrogen-bond donors (Lipinski definition) is 3. The molecule has 0 spiro atoms. The highest BCUT2D eigenvalue weighted by molar-refractivity contribution is 5.93. The van der Waals surface area contributed by atoms with Crippen molar-refractivity contribution in [3.63, 3.8) is 0 Å². The van der Waals surface area contributed by atoms with Gasteiger partial charge in [0.15, 0.2) is 0 Å². The van der Waals surface area contributed by atoms with Crippen LogP contribution < -0.4 is 16.0 Å². The molecule has 3 rings (SSSR count). The molecular formula is C20H25N5O3. The third kappa shape index (κ3) is 6.33. The van der Waals surface area contributed by atoms with E-state index in [2.05, 4.69) is 25.8 Å². The minimum atomic E-state index is -0.309. The average Bonchev–Trinajstić information content (AvgIpc) is 2.74. The molecule has 0 bridgehead atoms. The quantitative estimate of drug-likeness (QED) is 0.629. The number of carbonyl (C=O) groups is 2. The second-order valence-corrected chi connectivity index (χ2v) is 6.46. The summed E-state index contributed by atoms with van der Waals surface area (Å²) in [4.78, 5) is 30.1. The van der Waals surface area contributed by atoms with E-state index in [-0.39, 0.29) is 11.9 Å². The highest BCUT2D eigenvalue weighted by atomic mass is 16.5. The molecule has 2 heterocycles. The SMILES string of the molecule is O=C(NCCNC(=O)c1cccnc1)Nc1ccc(CN2CCOCC2)cc1. The molecule has 8 nitrogen and oxygen atoms in total. The molecule has 0 unspecified atom stereocenters. The Labute approximate surface area is 164 Å². The van der Waals surface area contributed by atoms with E-state index in [0.29, 0.717) is 18.7 Å². The summed E-state index contributed by atoms with van der Waals surface area (Å²) in [6.07, 6.45) is 3.11. The van der Waals surface area contributed by atoms with Crippen molar-refractivity contribution < 1.29 is 14.3 Å². The molecule has 1 aliphatic rings. The molecule has 1 aromatic heterocycles. The Hall–Kier alpha value is -2.97. The lowest BCUT2D eigenvalue weighted by Gasteiger charge is -2.26. The summed E-state index contributed by atoms with van der Waals surface area (Å²) in [5.41, 5.74) is 2.41. The van der Waals surface area contributed by atoms with Crippen LogP contribution in [0.25, 0.3) is 0 Å². The first-order valence-corrected chi connectivity index (χ1v) is 9.33. The number of amides is 3. The number of nitrogens with zero attached hydrogens (tertiary/aromatic N) is 2. The summed E-state index contributed by atoms with van der Waals surface area (Å²) in [6, 6.07) is 10.9. The summed E-state index contributed by atoms with van der Waals surface area (Å²) < 4.78 is 5.35. The van der Waals surface area contributed by atoms with Gasteiger partial charge in [0.05, 0.1) is 18.8 Å². The maximum atomic E-state index is 12.0. The molecule has 0 aliphatic carbocycles. The third-order valence-corrected chi connectivity index (χ3v) is 4.34. The molecule has 28 heavy (non-hydrogen) atoms. The minimum Gasteiger partial charge on any atom is -0.379 e. The number of anilines is 1. The van der Waals surface area contributed by atoms with Crippen LogP contribution in [0, 0.1) is 0 Å². The lowest BCUT2D eigenvalue weighted by Crippen LogP contribution is -2.36. The summed E-state index contributed by atoms with van der Waals surface area (Å²) in [7, 11) is 0. The molecule has 1 aromatic carbocycles. The predicted molar refractivity (Wildman–Crippen MR) is 106 cm³/mol. The van der Waals surface area contributed by atoms with E-state index in [9.17, 15) is 9.59 Å². The number of nitrogens with one attached hydrogen (secondary N) is 3. The van der Waals surface area contributed by atoms with Crippen LogP contribution in [0.4, 0.5) is 10.5 Å². The van der Waals surface area contributed by atoms with Crippen LogP contribution >= 0.6 is 0 Å². The van der Waals surface area contributed by atoms with Crippen molar-refractivity contribution in [2.75, 3.05) is 44.7 Å². The van der Waals surface area contributed by atoms with Crippen LogP contribution in [0.2, 0.25) is 0 Å². The Morgan fingerprint density at radius 3 is 2.50 bits per heavy atom. The van der Waals surface area contributed by atoms with Gasteiger partial charge in [0.25, 0.3) is 5.91 Å². The zero-order valence-electron chi connectivity index (χ0n) is 15.7. The lowest BCUT2D eigenvalue weighted by atomic mass is 10.2. The number of urea groups is 1. The Bertz CT molecular complexity index is 761. The summed E-state index contributed by atoms with van der Waals surface area (Å²) >= 11 is 0. The fourth-order valence-corrected chi connectivity index (χ4v) is 2.84. The van der Waals surface area contributed by atoms with Crippen LogP contribution in [-0.4, -0.2) is 61.2 Å². The number of pyridine rings is 1. The molecule has 1 saturated heterocycles. The molecule has 3 N–H and O–H groups in total. The third-order valence-electron chi connectivity index (χ3n) is 4.34. The van der Waals surface area contributed by atoms with Crippen molar-refractivity contribution in [1.29, 1.82) is 0 Å². The molecule has 3 amide bonds. The van der Waals surface area contributed by atoms with Crippen LogP contribution in [0.1, 0.15) is 15.9 Å². The van der Waals surface area contributed by atoms with Gasteiger partial charge in [-0.3, -0.25) is 14.7 Å². The number of carbonyl (C=O) groups excluding carboxylic acids is 2. The van der Waals surface area contributed by atoms with Gasteiger partial charge < -0.3 is 20.7 Å². The van der Waals surface area contributed by atoms with E-state index in [1.54, 1.807) is 18.3 Å². The summed E-state index contributed by atoms with van der Waals surface area (Å²) in [5.74, 6) is -0.217. The van der Waals surface area contributed by atoms with E-state index in [0.717, 1.165) is 38.5 Å². The lowest BCUT2D eigenvalue weighted by molar-refractivity contribution is 0.0342. The normalized spacial score (nSPS) is 14.3. The van der Waals surface area contributed by atoms with Crippen molar-refractivity contribution in [3.8, 4) is 0 Å². The number of rotatable bonds is 7. The van der Waals surface area contributed by atoms with Gasteiger partial charge in [0.2, 0.25) is 0 Å². The molecule has 0 saturated carbocycles. The molecular weight excluding hydrogens is 358 g/mol. The minimum absolute atomic E-state index is 0.217. The van der Waals surface area contributed by atoms with Crippen LogP contribution in [0.5, 0.6) is 0 Å². The number of benzene rings is 1. The van der Waals surface area contributed by atoms with Gasteiger partial charge >= 0.3 is 6.03 Å². The molecule has 2 aromatic rings. The Balaban J connectivity index is 1.34. The summed E-state index contributed by atoms with van der Waals surface area (Å²) in [5, 5.41) is 8.23. The topological polar surface area (TPSA) is 95.6 Å². The Kier molecular flexibility index (Phi) is 7.34. The fraction of sp³-hybridized carbons (Fsp3) is 0.350. The zero-order valence-corrected chi connectivity index (χ0v) is 15.7. The zero-order chi connectivity index (χ0) is 19.6. The van der Waals surface area contributed by atoms with E-state index >= 15 is 0 Å². The van der Waals surface area contributed by atoms with Gasteiger partial charge in [0, 0.05) is 50.8 Å². The first-order chi connectivity index (χ1) is 13.7. The number of hydrogen-bond acceptors (Lipinski definition) is 5. The maximum Gasteiger partial charge on any atom is 0.319 e. The molecule has 0 atom stereocenters. The van der Waals surface area contributed by atoms with Gasteiger partial charge in [0.1, 0.15) is 0 Å². The molecule has 8 heteroatoms. The van der Waals surface area contributed by atoms with Crippen molar-refractivity contribution in [1.82, 2.24) is 20.5 Å². The van der Waals surface area contributed by atoms with Gasteiger partial charge in [-0.2, -0.15) is 0 Å². The number of aromatic nitrogens is 1. The second kappa shape index (κ2) is 10.4. The van der Waals surface area contributed by atoms with Crippen molar-refractivity contribution in [2.24, 2.45) is 0 Å². The van der Waals surface area contributed by atoms with Crippen molar-refractivity contribution >= 4 is 17.6 Å². The van der Waals surface area contributed by atoms with E-state index in [1.165, 1.54) is 11.8 Å². The predicted octanol–water partition coefficient (Wildman–Crippen LogP) is 1.47. The maximum absolute atomic E-state index is 12.0. The number of morpholine rings is 1. The van der Waals surface area contributed by atoms with Gasteiger partial charge in [-0.25, -0.2) is 4.79 Å². The molecule has 1 aliphatic heterocycles. The molecule has 1 fully saturated rings. The number of ether oxygens (including phenoxy) is 1. The van der Waals surface area contributed by atoms with Gasteiger partial charge in [-0.05, 0) is 29.8 Å². The van der Waals surface area contributed by atoms with Crippen LogP contribution in [0.15, 0.2) is 48.8 Å². The highest BCUT2D eigenvalue weighted by Crippen LogP contribution is 2.12. The fourth-order valence-electron chi connectivity index (χ4n) is 2.84. The largest absolute Gasteiger partial charge is 0.379 e. The average molecular weight is 383 g/mol. The van der Waals surface area contributed by atoms with Crippen LogP contribution in [-0.2, 0) is 11.3 Å². The Morgan fingerprint density at radius 2 is 1.79 bits per heavy atom. The van der Waals surface area contributed by atoms with E-state index in [1.807, 2.05) is 24.3 Å². The standard InChI is InChI=1S/C20H25N5O3/c26-19(17-2-1-7-21-14-17)22-8-9-23-20(27)24-18-5-3-16(4-6-18)15-25-10-12-28-13-11-25/h1-7,14H,8-13,15H2,(H,22,26)(H2,23,24,27). The molecule has 0 radical (unpaired) electrons. The second-order valence-electron chi connectivity index (χ2n) is 6.46. The van der Waals surface area contributed by atoms with Gasteiger partial charge in [-0.1, -0.05) is 12.1 Å². The summed E-state index contributed by atoms with van der Waals surface area (Å²) in [6.45, 7) is 4.99. The van der Waals surface area contributed by atoms with Gasteiger partial charge in [-0.15, -0.1) is 0 Å². The highest BCUT2D eigenvalue weighted by Gasteiger charge is 2.10. The first kappa shape index (κ1) is 19.8. The molecule has 148 valence electrons. The van der Waals surface area contributed by atoms with Crippen LogP contribution in [0.3, 0.4) is 0 Å².